The standard InChI is InChI=1S/C11H14N2O6/c1-18-9-4-6(13(16)17)3-7(11(9)15)8(12)5-10(14)19-2/h3-4,8,15H,5,12H2,1-2H3/t8-/m0/s1. The molecule has 0 saturated carbocycles. The minimum Gasteiger partial charge on any atom is -0.504 e. The van der Waals surface area contributed by atoms with Gasteiger partial charge in [-0.3, -0.25) is 14.9 Å². The van der Waals surface area contributed by atoms with E-state index in [-0.39, 0.29) is 29.2 Å². The fourth-order valence-electron chi connectivity index (χ4n) is 1.53. The number of nitrogens with two attached hydrogens (primary N) is 1. The average molecular weight is 270 g/mol. The van der Waals surface area contributed by atoms with Crippen LogP contribution in [0.1, 0.15) is 18.0 Å². The van der Waals surface area contributed by atoms with Gasteiger partial charge in [-0.2, -0.15) is 0 Å². The maximum atomic E-state index is 11.1. The van der Waals surface area contributed by atoms with E-state index in [9.17, 15) is 20.0 Å². The first-order valence-electron chi connectivity index (χ1n) is 5.28. The third-order valence-corrected chi connectivity index (χ3v) is 2.53. The molecule has 0 aliphatic heterocycles. The Morgan fingerprint density at radius 2 is 2.16 bits per heavy atom. The van der Waals surface area contributed by atoms with Gasteiger partial charge in [0, 0.05) is 17.7 Å². The summed E-state index contributed by atoms with van der Waals surface area (Å²) in [4.78, 5) is 21.3. The molecule has 8 heteroatoms. The smallest absolute Gasteiger partial charge is 0.307 e. The summed E-state index contributed by atoms with van der Waals surface area (Å²) in [5.41, 5.74) is 5.49. The molecular weight excluding hydrogens is 256 g/mol. The molecule has 0 bridgehead atoms. The summed E-state index contributed by atoms with van der Waals surface area (Å²) in [5, 5.41) is 20.6. The monoisotopic (exact) mass is 270 g/mol. The zero-order valence-electron chi connectivity index (χ0n) is 10.5. The van der Waals surface area contributed by atoms with Crippen molar-refractivity contribution in [1.82, 2.24) is 0 Å². The van der Waals surface area contributed by atoms with Crippen molar-refractivity contribution in [2.24, 2.45) is 5.73 Å². The zero-order valence-corrected chi connectivity index (χ0v) is 10.5. The number of hydrogen-bond acceptors (Lipinski definition) is 7. The first kappa shape index (κ1) is 14.7. The number of ether oxygens (including phenoxy) is 2. The number of phenols is 1. The second-order valence-corrected chi connectivity index (χ2v) is 3.73. The van der Waals surface area contributed by atoms with Crippen LogP contribution in [0, 0.1) is 10.1 Å². The van der Waals surface area contributed by atoms with Crippen molar-refractivity contribution in [3.63, 3.8) is 0 Å². The highest BCUT2D eigenvalue weighted by molar-refractivity contribution is 5.71. The summed E-state index contributed by atoms with van der Waals surface area (Å²) in [6, 6.07) is 1.25. The lowest BCUT2D eigenvalue weighted by Gasteiger charge is -2.14. The number of methoxy groups -OCH3 is 2. The average Bonchev–Trinajstić information content (AvgIpc) is 2.38. The van der Waals surface area contributed by atoms with Gasteiger partial charge in [-0.1, -0.05) is 0 Å². The maximum Gasteiger partial charge on any atom is 0.307 e. The number of aromatic hydroxyl groups is 1. The van der Waals surface area contributed by atoms with E-state index in [1.807, 2.05) is 0 Å². The Labute approximate surface area is 108 Å². The predicted molar refractivity (Wildman–Crippen MR) is 64.9 cm³/mol. The van der Waals surface area contributed by atoms with Crippen LogP contribution in [0.2, 0.25) is 0 Å². The molecule has 3 N–H and O–H groups in total. The van der Waals surface area contributed by atoms with Crippen molar-refractivity contribution >= 4 is 11.7 Å². The molecule has 0 unspecified atom stereocenters. The molecule has 0 aliphatic rings. The minimum absolute atomic E-state index is 0.0523. The van der Waals surface area contributed by atoms with E-state index >= 15 is 0 Å². The van der Waals surface area contributed by atoms with E-state index in [0.717, 1.165) is 12.1 Å². The predicted octanol–water partition coefficient (Wildman–Crippen LogP) is 0.872. The van der Waals surface area contributed by atoms with E-state index in [1.165, 1.54) is 14.2 Å². The quantitative estimate of drug-likeness (QED) is 0.462. The van der Waals surface area contributed by atoms with Crippen molar-refractivity contribution in [2.45, 2.75) is 12.5 Å². The van der Waals surface area contributed by atoms with Gasteiger partial charge in [0.15, 0.2) is 11.5 Å². The molecule has 1 aromatic carbocycles. The van der Waals surface area contributed by atoms with Gasteiger partial charge in [-0.25, -0.2) is 0 Å². The fourth-order valence-corrected chi connectivity index (χ4v) is 1.53. The summed E-state index contributed by atoms with van der Waals surface area (Å²) in [6.07, 6.45) is -0.214. The molecule has 1 aromatic rings. The molecule has 1 atom stereocenters. The molecule has 8 nitrogen and oxygen atoms in total. The molecule has 0 amide bonds. The third kappa shape index (κ3) is 3.32. The van der Waals surface area contributed by atoms with Crippen LogP contribution in [0.15, 0.2) is 12.1 Å². The van der Waals surface area contributed by atoms with Gasteiger partial charge >= 0.3 is 5.97 Å². The lowest BCUT2D eigenvalue weighted by Crippen LogP contribution is -2.16. The molecule has 0 radical (unpaired) electrons. The number of nitrogens with zero attached hydrogens (tertiary/aromatic N) is 1. The second kappa shape index (κ2) is 6.01. The normalized spacial score (nSPS) is 11.7. The van der Waals surface area contributed by atoms with Crippen molar-refractivity contribution in [3.8, 4) is 11.5 Å². The molecule has 0 aromatic heterocycles. The molecule has 0 spiro atoms. The molecule has 0 aliphatic carbocycles. The summed E-state index contributed by atoms with van der Waals surface area (Å²) in [7, 11) is 2.46. The number of phenolic OH excluding ortho intramolecular Hbond substituents is 1. The fraction of sp³-hybridized carbons (Fsp3) is 0.364. The molecule has 1 rings (SSSR count). The number of rotatable bonds is 5. The number of carbonyl (C=O) groups excluding carboxylic acids is 1. The van der Waals surface area contributed by atoms with Gasteiger partial charge in [-0.05, 0) is 0 Å². The summed E-state index contributed by atoms with van der Waals surface area (Å²) in [6.45, 7) is 0. The van der Waals surface area contributed by atoms with Crippen LogP contribution in [0.25, 0.3) is 0 Å². The Morgan fingerprint density at radius 3 is 2.63 bits per heavy atom. The number of nitro benzene ring substituents is 1. The van der Waals surface area contributed by atoms with E-state index in [2.05, 4.69) is 4.74 Å². The lowest BCUT2D eigenvalue weighted by molar-refractivity contribution is -0.385. The first-order valence-corrected chi connectivity index (χ1v) is 5.28. The summed E-state index contributed by atoms with van der Waals surface area (Å²) < 4.78 is 9.28. The largest absolute Gasteiger partial charge is 0.504 e. The summed E-state index contributed by atoms with van der Waals surface area (Å²) in [5.74, 6) is -0.994. The Bertz CT molecular complexity index is 502. The number of carbonyl (C=O) groups is 1. The SMILES string of the molecule is COC(=O)C[C@H](N)c1cc([N+](=O)[O-])cc(OC)c1O. The number of hydrogen-bond donors (Lipinski definition) is 2. The van der Waals surface area contributed by atoms with Crippen molar-refractivity contribution in [2.75, 3.05) is 14.2 Å². The Morgan fingerprint density at radius 1 is 1.53 bits per heavy atom. The highest BCUT2D eigenvalue weighted by Crippen LogP contribution is 2.37. The minimum atomic E-state index is -0.929. The van der Waals surface area contributed by atoms with Crippen LogP contribution in [-0.2, 0) is 9.53 Å². The number of benzene rings is 1. The van der Waals surface area contributed by atoms with E-state index < -0.39 is 16.9 Å². The van der Waals surface area contributed by atoms with E-state index in [0.29, 0.717) is 0 Å². The van der Waals surface area contributed by atoms with Crippen molar-refractivity contribution in [3.05, 3.63) is 27.8 Å². The zero-order chi connectivity index (χ0) is 14.6. The molecule has 19 heavy (non-hydrogen) atoms. The Hall–Kier alpha value is -2.35. The van der Waals surface area contributed by atoms with Crippen LogP contribution < -0.4 is 10.5 Å². The van der Waals surface area contributed by atoms with E-state index in [1.54, 1.807) is 0 Å². The molecular formula is C11H14N2O6. The van der Waals surface area contributed by atoms with Crippen LogP contribution in [0.3, 0.4) is 0 Å². The second-order valence-electron chi connectivity index (χ2n) is 3.73. The number of nitro groups is 1. The Kier molecular flexibility index (Phi) is 4.65. The van der Waals surface area contributed by atoms with Crippen LogP contribution in [0.4, 0.5) is 5.69 Å². The van der Waals surface area contributed by atoms with Crippen molar-refractivity contribution in [1.29, 1.82) is 0 Å². The first-order chi connectivity index (χ1) is 8.90. The molecule has 104 valence electrons. The van der Waals surface area contributed by atoms with Gasteiger partial charge in [-0.15, -0.1) is 0 Å². The third-order valence-electron chi connectivity index (χ3n) is 2.53. The van der Waals surface area contributed by atoms with Crippen LogP contribution in [0.5, 0.6) is 11.5 Å². The van der Waals surface area contributed by atoms with Gasteiger partial charge in [0.25, 0.3) is 5.69 Å². The lowest BCUT2D eigenvalue weighted by atomic mass is 10.0. The van der Waals surface area contributed by atoms with Crippen LogP contribution >= 0.6 is 0 Å². The highest BCUT2D eigenvalue weighted by atomic mass is 16.6. The van der Waals surface area contributed by atoms with E-state index in [4.69, 9.17) is 10.5 Å². The van der Waals surface area contributed by atoms with Gasteiger partial charge < -0.3 is 20.3 Å². The van der Waals surface area contributed by atoms with Gasteiger partial charge in [0.05, 0.1) is 31.6 Å². The topological polar surface area (TPSA) is 125 Å². The van der Waals surface area contributed by atoms with Gasteiger partial charge in [0.1, 0.15) is 0 Å². The maximum absolute atomic E-state index is 11.1. The number of esters is 1. The van der Waals surface area contributed by atoms with Crippen molar-refractivity contribution < 1.29 is 24.3 Å². The van der Waals surface area contributed by atoms with Gasteiger partial charge in [0.2, 0.25) is 0 Å². The molecule has 0 fully saturated rings. The molecule has 0 saturated heterocycles. The number of non-ortho nitro benzene ring substituents is 1. The molecule has 0 heterocycles. The summed E-state index contributed by atoms with van der Waals surface area (Å²) >= 11 is 0. The highest BCUT2D eigenvalue weighted by Gasteiger charge is 2.22. The Balaban J connectivity index is 3.21. The van der Waals surface area contributed by atoms with Crippen LogP contribution in [-0.4, -0.2) is 30.2 Å².